The molecule has 1 aliphatic rings. The summed E-state index contributed by atoms with van der Waals surface area (Å²) in [6, 6.07) is 12.2. The summed E-state index contributed by atoms with van der Waals surface area (Å²) in [5.74, 6) is 0.906. The van der Waals surface area contributed by atoms with Gasteiger partial charge in [-0.05, 0) is 24.3 Å². The van der Waals surface area contributed by atoms with Crippen molar-refractivity contribution in [3.05, 3.63) is 53.1 Å². The van der Waals surface area contributed by atoms with E-state index in [1.54, 1.807) is 36.4 Å². The number of fused-ring (bicyclic) bond motifs is 2. The Morgan fingerprint density at radius 2 is 1.88 bits per heavy atom. The molecule has 0 unspecified atom stereocenters. The molecule has 0 atom stereocenters. The van der Waals surface area contributed by atoms with Crippen molar-refractivity contribution in [3.63, 3.8) is 0 Å². The van der Waals surface area contributed by atoms with Gasteiger partial charge in [-0.1, -0.05) is 23.7 Å². The molecule has 0 fully saturated rings. The normalized spacial score (nSPS) is 12.9. The second kappa shape index (κ2) is 3.79. The van der Waals surface area contributed by atoms with Gasteiger partial charge in [-0.25, -0.2) is 0 Å². The minimum atomic E-state index is -0.179. The minimum absolute atomic E-state index is 0.179. The van der Waals surface area contributed by atoms with Gasteiger partial charge in [-0.3, -0.25) is 4.79 Å². The van der Waals surface area contributed by atoms with Crippen molar-refractivity contribution in [2.45, 2.75) is 0 Å². The number of ether oxygens (including phenoxy) is 1. The van der Waals surface area contributed by atoms with Gasteiger partial charge in [0.05, 0.1) is 11.3 Å². The van der Waals surface area contributed by atoms with Gasteiger partial charge in [0, 0.05) is 11.1 Å². The molecule has 2 aromatic rings. The number of anilines is 1. The van der Waals surface area contributed by atoms with Crippen LogP contribution in [-0.2, 0) is 0 Å². The number of hydrogen-bond donors (Lipinski definition) is 1. The van der Waals surface area contributed by atoms with Crippen LogP contribution < -0.4 is 10.1 Å². The van der Waals surface area contributed by atoms with Crippen LogP contribution in [0.15, 0.2) is 42.5 Å². The predicted octanol–water partition coefficient (Wildman–Crippen LogP) is 3.70. The molecule has 0 aromatic heterocycles. The first-order valence-electron chi connectivity index (χ1n) is 5.12. The summed E-state index contributed by atoms with van der Waals surface area (Å²) >= 11 is 5.90. The van der Waals surface area contributed by atoms with Crippen molar-refractivity contribution < 1.29 is 9.53 Å². The molecule has 2 aromatic carbocycles. The molecule has 3 nitrogen and oxygen atoms in total. The van der Waals surface area contributed by atoms with Crippen LogP contribution in [0.2, 0.25) is 5.02 Å². The predicted molar refractivity (Wildman–Crippen MR) is 65.9 cm³/mol. The van der Waals surface area contributed by atoms with Crippen LogP contribution in [0.1, 0.15) is 10.4 Å². The number of amides is 1. The van der Waals surface area contributed by atoms with Gasteiger partial charge in [0.15, 0.2) is 5.75 Å². The zero-order chi connectivity index (χ0) is 11.8. The third-order valence-electron chi connectivity index (χ3n) is 2.54. The van der Waals surface area contributed by atoms with E-state index in [1.807, 2.05) is 6.07 Å². The van der Waals surface area contributed by atoms with Gasteiger partial charge in [0.25, 0.3) is 5.91 Å². The van der Waals surface area contributed by atoms with Crippen molar-refractivity contribution in [3.8, 4) is 11.5 Å². The lowest BCUT2D eigenvalue weighted by atomic mass is 10.2. The van der Waals surface area contributed by atoms with Gasteiger partial charge in [0.2, 0.25) is 0 Å². The quantitative estimate of drug-likeness (QED) is 0.769. The number of rotatable bonds is 0. The van der Waals surface area contributed by atoms with Crippen LogP contribution in [0.25, 0.3) is 0 Å². The smallest absolute Gasteiger partial charge is 0.259 e. The van der Waals surface area contributed by atoms with Crippen LogP contribution in [0.3, 0.4) is 0 Å². The molecule has 0 spiro atoms. The first kappa shape index (κ1) is 10.2. The molecule has 4 heteroatoms. The van der Waals surface area contributed by atoms with E-state index in [-0.39, 0.29) is 5.91 Å². The van der Waals surface area contributed by atoms with E-state index in [9.17, 15) is 4.79 Å². The third-order valence-corrected chi connectivity index (χ3v) is 2.78. The zero-order valence-corrected chi connectivity index (χ0v) is 9.49. The molecule has 1 heterocycles. The van der Waals surface area contributed by atoms with Gasteiger partial charge < -0.3 is 10.1 Å². The van der Waals surface area contributed by atoms with E-state index in [4.69, 9.17) is 16.3 Å². The molecule has 3 rings (SSSR count). The Bertz CT molecular complexity index is 610. The van der Waals surface area contributed by atoms with Crippen molar-refractivity contribution in [1.82, 2.24) is 0 Å². The average Bonchev–Trinajstić information content (AvgIpc) is 2.46. The topological polar surface area (TPSA) is 38.3 Å². The SMILES string of the molecule is O=C1Nc2ccc(Cl)cc2Oc2ccccc21. The second-order valence-corrected chi connectivity index (χ2v) is 4.13. The highest BCUT2D eigenvalue weighted by Gasteiger charge is 2.19. The highest BCUT2D eigenvalue weighted by molar-refractivity contribution is 6.30. The number of carbonyl (C=O) groups is 1. The Kier molecular flexibility index (Phi) is 2.27. The lowest BCUT2D eigenvalue weighted by Gasteiger charge is -2.07. The van der Waals surface area contributed by atoms with Crippen LogP contribution >= 0.6 is 11.6 Å². The monoisotopic (exact) mass is 245 g/mol. The van der Waals surface area contributed by atoms with Crippen molar-refractivity contribution in [1.29, 1.82) is 0 Å². The summed E-state index contributed by atoms with van der Waals surface area (Å²) in [6.07, 6.45) is 0. The van der Waals surface area contributed by atoms with Gasteiger partial charge in [0.1, 0.15) is 5.75 Å². The number of carbonyl (C=O) groups excluding carboxylic acids is 1. The fourth-order valence-corrected chi connectivity index (χ4v) is 1.90. The fraction of sp³-hybridized carbons (Fsp3) is 0. The van der Waals surface area contributed by atoms with E-state index in [1.165, 1.54) is 0 Å². The first-order chi connectivity index (χ1) is 8.24. The molecule has 0 saturated carbocycles. The Morgan fingerprint density at radius 1 is 1.06 bits per heavy atom. The van der Waals surface area contributed by atoms with Crippen molar-refractivity contribution in [2.24, 2.45) is 0 Å². The second-order valence-electron chi connectivity index (χ2n) is 3.69. The highest BCUT2D eigenvalue weighted by Crippen LogP contribution is 2.36. The van der Waals surface area contributed by atoms with Gasteiger partial charge in [-0.2, -0.15) is 0 Å². The number of hydrogen-bond acceptors (Lipinski definition) is 2. The lowest BCUT2D eigenvalue weighted by molar-refractivity contribution is 0.102. The Hall–Kier alpha value is -2.00. The molecule has 17 heavy (non-hydrogen) atoms. The van der Waals surface area contributed by atoms with E-state index >= 15 is 0 Å². The van der Waals surface area contributed by atoms with Crippen molar-refractivity contribution >= 4 is 23.2 Å². The first-order valence-corrected chi connectivity index (χ1v) is 5.49. The number of nitrogens with one attached hydrogen (secondary N) is 1. The summed E-state index contributed by atoms with van der Waals surface area (Å²) in [5.41, 5.74) is 1.13. The number of halogens is 1. The van der Waals surface area contributed by atoms with E-state index in [0.29, 0.717) is 27.8 Å². The molecule has 0 bridgehead atoms. The van der Waals surface area contributed by atoms with Crippen molar-refractivity contribution in [2.75, 3.05) is 5.32 Å². The summed E-state index contributed by atoms with van der Waals surface area (Å²) in [6.45, 7) is 0. The molecule has 84 valence electrons. The molecular formula is C13H8ClNO2. The van der Waals surface area contributed by atoms with E-state index in [2.05, 4.69) is 5.32 Å². The van der Waals surface area contributed by atoms with Crippen LogP contribution in [0, 0.1) is 0 Å². The number of benzene rings is 2. The molecular weight excluding hydrogens is 238 g/mol. The van der Waals surface area contributed by atoms with E-state index < -0.39 is 0 Å². The number of para-hydroxylation sites is 1. The Balaban J connectivity index is 2.18. The molecule has 0 saturated heterocycles. The van der Waals surface area contributed by atoms with E-state index in [0.717, 1.165) is 0 Å². The highest BCUT2D eigenvalue weighted by atomic mass is 35.5. The van der Waals surface area contributed by atoms with Crippen LogP contribution in [-0.4, -0.2) is 5.91 Å². The maximum absolute atomic E-state index is 11.9. The Labute approximate surface area is 103 Å². The van der Waals surface area contributed by atoms with Crippen LogP contribution in [0.4, 0.5) is 5.69 Å². The zero-order valence-electron chi connectivity index (χ0n) is 8.74. The standard InChI is InChI=1S/C13H8ClNO2/c14-8-5-6-10-12(7-8)17-11-4-2-1-3-9(11)13(16)15-10/h1-7H,(H,15,16). The molecule has 0 radical (unpaired) electrons. The lowest BCUT2D eigenvalue weighted by Crippen LogP contribution is -2.09. The Morgan fingerprint density at radius 3 is 2.76 bits per heavy atom. The van der Waals surface area contributed by atoms with Gasteiger partial charge in [-0.15, -0.1) is 0 Å². The summed E-state index contributed by atoms with van der Waals surface area (Å²) in [4.78, 5) is 11.9. The largest absolute Gasteiger partial charge is 0.454 e. The summed E-state index contributed by atoms with van der Waals surface area (Å²) in [5, 5.41) is 3.35. The molecule has 1 aliphatic heterocycles. The molecule has 1 N–H and O–H groups in total. The summed E-state index contributed by atoms with van der Waals surface area (Å²) in [7, 11) is 0. The average molecular weight is 246 g/mol. The maximum atomic E-state index is 11.9. The molecule has 0 aliphatic carbocycles. The summed E-state index contributed by atoms with van der Waals surface area (Å²) < 4.78 is 5.69. The minimum Gasteiger partial charge on any atom is -0.454 e. The third kappa shape index (κ3) is 1.74. The fourth-order valence-electron chi connectivity index (χ4n) is 1.74. The van der Waals surface area contributed by atoms with Crippen LogP contribution in [0.5, 0.6) is 11.5 Å². The van der Waals surface area contributed by atoms with Gasteiger partial charge >= 0.3 is 0 Å². The maximum Gasteiger partial charge on any atom is 0.259 e. The molecule has 1 amide bonds.